The van der Waals surface area contributed by atoms with Crippen LogP contribution in [0.3, 0.4) is 0 Å². The van der Waals surface area contributed by atoms with E-state index >= 15 is 0 Å². The SMILES string of the molecule is C/C(OC(C)C)=C(C#N)\C=C(/C)c1ncc(-c2cccc3c2CCC3C=NS(=O)(=O)CCN2CCCC2)s1. The molecule has 0 bridgehead atoms. The number of aromatic nitrogens is 1. The molecule has 1 aliphatic carbocycles. The number of nitrogens with zero attached hydrogens (tertiary/aromatic N) is 4. The van der Waals surface area contributed by atoms with E-state index in [1.54, 1.807) is 24.5 Å². The Kier molecular flexibility index (Phi) is 9.19. The van der Waals surface area contributed by atoms with Crippen molar-refractivity contribution in [3.8, 4) is 16.5 Å². The molecule has 4 rings (SSSR count). The smallest absolute Gasteiger partial charge is 0.254 e. The van der Waals surface area contributed by atoms with Crippen LogP contribution in [0.4, 0.5) is 0 Å². The molecule has 1 aliphatic heterocycles. The Bertz CT molecular complexity index is 1390. The first-order chi connectivity index (χ1) is 18.2. The van der Waals surface area contributed by atoms with Crippen LogP contribution in [-0.2, 0) is 21.2 Å². The zero-order valence-corrected chi connectivity index (χ0v) is 24.2. The average molecular weight is 553 g/mol. The van der Waals surface area contributed by atoms with E-state index in [2.05, 4.69) is 32.5 Å². The summed E-state index contributed by atoms with van der Waals surface area (Å²) in [7, 11) is -3.47. The number of hydrogen-bond donors (Lipinski definition) is 0. The molecule has 1 fully saturated rings. The van der Waals surface area contributed by atoms with Crippen molar-refractivity contribution in [2.75, 3.05) is 25.4 Å². The minimum absolute atomic E-state index is 0.00241. The van der Waals surface area contributed by atoms with Gasteiger partial charge >= 0.3 is 0 Å². The van der Waals surface area contributed by atoms with E-state index in [1.165, 1.54) is 5.56 Å². The number of ether oxygens (including phenoxy) is 1. The largest absolute Gasteiger partial charge is 0.494 e. The van der Waals surface area contributed by atoms with Crippen LogP contribution in [0.1, 0.15) is 69.0 Å². The summed E-state index contributed by atoms with van der Waals surface area (Å²) in [5.41, 5.74) is 4.89. The van der Waals surface area contributed by atoms with Crippen LogP contribution >= 0.6 is 11.3 Å². The second kappa shape index (κ2) is 12.4. The quantitative estimate of drug-likeness (QED) is 0.156. The van der Waals surface area contributed by atoms with Crippen molar-refractivity contribution in [2.45, 2.75) is 65.4 Å². The first-order valence-corrected chi connectivity index (χ1v) is 15.6. The maximum absolute atomic E-state index is 12.5. The molecule has 2 heterocycles. The number of sulfonamides is 1. The Balaban J connectivity index is 1.50. The van der Waals surface area contributed by atoms with Gasteiger partial charge in [-0.3, -0.25) is 0 Å². The predicted molar refractivity (Wildman–Crippen MR) is 155 cm³/mol. The number of likely N-dealkylation sites (tertiary alicyclic amines) is 1. The summed E-state index contributed by atoms with van der Waals surface area (Å²) in [6.45, 7) is 10.2. The Labute approximate surface area is 230 Å². The molecule has 1 aromatic heterocycles. The molecule has 7 nitrogen and oxygen atoms in total. The molecule has 0 saturated carbocycles. The van der Waals surface area contributed by atoms with Gasteiger partial charge < -0.3 is 9.64 Å². The number of benzene rings is 1. The third kappa shape index (κ3) is 6.99. The highest BCUT2D eigenvalue weighted by molar-refractivity contribution is 7.90. The molecule has 0 spiro atoms. The van der Waals surface area contributed by atoms with Gasteiger partial charge in [0.25, 0.3) is 10.0 Å². The molecule has 1 unspecified atom stereocenters. The van der Waals surface area contributed by atoms with Crippen molar-refractivity contribution in [2.24, 2.45) is 4.40 Å². The Hall–Kier alpha value is -2.80. The monoisotopic (exact) mass is 552 g/mol. The van der Waals surface area contributed by atoms with Gasteiger partial charge in [-0.15, -0.1) is 11.3 Å². The molecule has 1 atom stereocenters. The summed E-state index contributed by atoms with van der Waals surface area (Å²) in [5, 5.41) is 10.4. The van der Waals surface area contributed by atoms with Crippen LogP contribution in [0, 0.1) is 11.3 Å². The molecule has 0 N–H and O–H groups in total. The van der Waals surface area contributed by atoms with Crippen LogP contribution in [0.15, 0.2) is 46.2 Å². The second-order valence-electron chi connectivity index (χ2n) is 10.2. The zero-order chi connectivity index (χ0) is 27.3. The summed E-state index contributed by atoms with van der Waals surface area (Å²) in [4.78, 5) is 7.88. The van der Waals surface area contributed by atoms with E-state index in [9.17, 15) is 13.7 Å². The Morgan fingerprint density at radius 2 is 2.08 bits per heavy atom. The lowest BCUT2D eigenvalue weighted by Crippen LogP contribution is -2.25. The molecular formula is C29H36N4O3S2. The van der Waals surface area contributed by atoms with Gasteiger partial charge in [-0.2, -0.15) is 9.66 Å². The van der Waals surface area contributed by atoms with E-state index in [4.69, 9.17) is 4.74 Å². The molecule has 38 heavy (non-hydrogen) atoms. The number of rotatable bonds is 10. The first kappa shape index (κ1) is 28.2. The molecule has 1 aromatic carbocycles. The number of fused-ring (bicyclic) bond motifs is 1. The van der Waals surface area contributed by atoms with Gasteiger partial charge in [0.05, 0.1) is 22.3 Å². The number of thiazole rings is 1. The summed E-state index contributed by atoms with van der Waals surface area (Å²) in [6, 6.07) is 8.43. The Morgan fingerprint density at radius 1 is 1.32 bits per heavy atom. The molecule has 2 aromatic rings. The van der Waals surface area contributed by atoms with E-state index < -0.39 is 10.0 Å². The fourth-order valence-corrected chi connectivity index (χ4v) is 6.90. The lowest BCUT2D eigenvalue weighted by Gasteiger charge is -2.13. The fourth-order valence-electron chi connectivity index (χ4n) is 5.03. The lowest BCUT2D eigenvalue weighted by atomic mass is 9.99. The van der Waals surface area contributed by atoms with E-state index in [0.29, 0.717) is 17.9 Å². The third-order valence-electron chi connectivity index (χ3n) is 6.96. The van der Waals surface area contributed by atoms with Crippen molar-refractivity contribution in [3.05, 3.63) is 57.9 Å². The van der Waals surface area contributed by atoms with Gasteiger partial charge in [0.15, 0.2) is 0 Å². The summed E-state index contributed by atoms with van der Waals surface area (Å²) in [5.74, 6) is 0.670. The molecule has 202 valence electrons. The van der Waals surface area contributed by atoms with E-state index in [1.807, 2.05) is 39.1 Å². The molecule has 0 amide bonds. The van der Waals surface area contributed by atoms with Crippen LogP contribution in [0.5, 0.6) is 0 Å². The van der Waals surface area contributed by atoms with Gasteiger partial charge in [-0.1, -0.05) is 18.2 Å². The maximum Gasteiger partial charge on any atom is 0.254 e. The molecular weight excluding hydrogens is 516 g/mol. The van der Waals surface area contributed by atoms with Crippen molar-refractivity contribution in [1.82, 2.24) is 9.88 Å². The fraction of sp³-hybridized carbons (Fsp3) is 0.483. The lowest BCUT2D eigenvalue weighted by molar-refractivity contribution is 0.148. The molecule has 1 saturated heterocycles. The van der Waals surface area contributed by atoms with Crippen molar-refractivity contribution in [3.63, 3.8) is 0 Å². The van der Waals surface area contributed by atoms with Gasteiger partial charge in [0, 0.05) is 24.9 Å². The molecule has 9 heteroatoms. The number of allylic oxidation sites excluding steroid dienone is 4. The van der Waals surface area contributed by atoms with Gasteiger partial charge in [-0.25, -0.2) is 13.4 Å². The summed E-state index contributed by atoms with van der Waals surface area (Å²) < 4.78 is 34.8. The minimum Gasteiger partial charge on any atom is -0.494 e. The van der Waals surface area contributed by atoms with Crippen LogP contribution in [-0.4, -0.2) is 56.0 Å². The topological polar surface area (TPSA) is 95.6 Å². The van der Waals surface area contributed by atoms with Gasteiger partial charge in [-0.05, 0) is 94.8 Å². The standard InChI is InChI=1S/C29H36N4O3S2/c1-20(2)36-22(4)24(17-30)16-21(3)29-31-19-28(37-29)27-9-7-8-25-23(10-11-26(25)27)18-32-38(34,35)15-14-33-12-5-6-13-33/h7-9,16,18-20,23H,5-6,10-15H2,1-4H3/b21-16+,24-22-,32-18?. The van der Waals surface area contributed by atoms with Crippen LogP contribution < -0.4 is 0 Å². The summed E-state index contributed by atoms with van der Waals surface area (Å²) >= 11 is 1.59. The third-order valence-corrected chi connectivity index (χ3v) is 9.27. The van der Waals surface area contributed by atoms with Crippen molar-refractivity contribution < 1.29 is 13.2 Å². The van der Waals surface area contributed by atoms with Gasteiger partial charge in [0.2, 0.25) is 0 Å². The van der Waals surface area contributed by atoms with Crippen molar-refractivity contribution in [1.29, 1.82) is 5.26 Å². The summed E-state index contributed by atoms with van der Waals surface area (Å²) in [6.07, 6.45) is 9.34. The normalized spacial score (nSPS) is 19.2. The minimum atomic E-state index is -3.47. The highest BCUT2D eigenvalue weighted by Gasteiger charge is 2.25. The number of nitriles is 1. The predicted octanol–water partition coefficient (Wildman–Crippen LogP) is 5.96. The second-order valence-corrected chi connectivity index (χ2v) is 13.0. The van der Waals surface area contributed by atoms with Crippen LogP contribution in [0.2, 0.25) is 0 Å². The zero-order valence-electron chi connectivity index (χ0n) is 22.6. The average Bonchev–Trinajstić information content (AvgIpc) is 3.65. The van der Waals surface area contributed by atoms with E-state index in [0.717, 1.165) is 65.4 Å². The maximum atomic E-state index is 12.5. The Morgan fingerprint density at radius 3 is 2.79 bits per heavy atom. The highest BCUT2D eigenvalue weighted by Crippen LogP contribution is 2.40. The van der Waals surface area contributed by atoms with Gasteiger partial charge in [0.1, 0.15) is 16.8 Å². The molecule has 0 radical (unpaired) electrons. The number of hydrogen-bond acceptors (Lipinski definition) is 7. The van der Waals surface area contributed by atoms with Crippen LogP contribution in [0.25, 0.3) is 16.0 Å². The van der Waals surface area contributed by atoms with E-state index in [-0.39, 0.29) is 17.8 Å². The first-order valence-electron chi connectivity index (χ1n) is 13.2. The molecule has 2 aliphatic rings. The highest BCUT2D eigenvalue weighted by atomic mass is 32.2. The van der Waals surface area contributed by atoms with Crippen molar-refractivity contribution >= 4 is 33.1 Å².